The Morgan fingerprint density at radius 2 is 0.813 bits per heavy atom. The molecule has 75 heavy (non-hydrogen) atoms. The van der Waals surface area contributed by atoms with Gasteiger partial charge >= 0.3 is 0 Å². The third kappa shape index (κ3) is 6.18. The Bertz CT molecular complexity index is 4970. The van der Waals surface area contributed by atoms with Crippen molar-refractivity contribution in [2.24, 2.45) is 0 Å². The highest BCUT2D eigenvalue weighted by Crippen LogP contribution is 2.48. The summed E-state index contributed by atoms with van der Waals surface area (Å²) in [5.74, 6) is 0. The summed E-state index contributed by atoms with van der Waals surface area (Å²) in [6.07, 6.45) is 0. The summed E-state index contributed by atoms with van der Waals surface area (Å²) in [4.78, 5) is 4.39. The zero-order chi connectivity index (χ0) is 49.9. The molecular formula is C69H42N6. The lowest BCUT2D eigenvalue weighted by atomic mass is 9.92. The van der Waals surface area contributed by atoms with Crippen molar-refractivity contribution in [3.63, 3.8) is 0 Å². The van der Waals surface area contributed by atoms with Gasteiger partial charge in [-0.05, 0) is 132 Å². The molecule has 0 saturated carbocycles. The van der Waals surface area contributed by atoms with E-state index in [9.17, 15) is 5.26 Å². The molecule has 0 aliphatic rings. The van der Waals surface area contributed by atoms with Crippen LogP contribution < -0.4 is 0 Å². The Balaban J connectivity index is 1.08. The maximum absolute atomic E-state index is 9.93. The van der Waals surface area contributed by atoms with Gasteiger partial charge in [0.25, 0.3) is 0 Å². The van der Waals surface area contributed by atoms with Crippen molar-refractivity contribution in [2.45, 2.75) is 6.92 Å². The van der Waals surface area contributed by atoms with Gasteiger partial charge in [-0.2, -0.15) is 5.26 Å². The van der Waals surface area contributed by atoms with E-state index in [1.165, 1.54) is 21.5 Å². The van der Waals surface area contributed by atoms with Crippen LogP contribution in [0.1, 0.15) is 11.1 Å². The minimum absolute atomic E-state index is 0.542. The molecule has 0 aliphatic heterocycles. The first-order valence-corrected chi connectivity index (χ1v) is 25.3. The summed E-state index contributed by atoms with van der Waals surface area (Å²) in [7, 11) is 0. The van der Waals surface area contributed by atoms with Crippen LogP contribution in [-0.4, -0.2) is 18.3 Å². The number of aryl methyl sites for hydroxylation is 1. The van der Waals surface area contributed by atoms with E-state index >= 15 is 0 Å². The fourth-order valence-corrected chi connectivity index (χ4v) is 12.3. The van der Waals surface area contributed by atoms with Crippen LogP contribution in [0.25, 0.3) is 137 Å². The van der Waals surface area contributed by atoms with Crippen molar-refractivity contribution in [3.8, 4) is 51.1 Å². The molecule has 348 valence electrons. The normalized spacial score (nSPS) is 11.8. The second-order valence-corrected chi connectivity index (χ2v) is 19.5. The van der Waals surface area contributed by atoms with Crippen molar-refractivity contribution in [3.05, 3.63) is 259 Å². The van der Waals surface area contributed by atoms with Crippen LogP contribution in [0.3, 0.4) is 0 Å². The second-order valence-electron chi connectivity index (χ2n) is 19.5. The molecule has 0 radical (unpaired) electrons. The molecule has 0 unspecified atom stereocenters. The summed E-state index contributed by atoms with van der Waals surface area (Å²) in [6.45, 7) is 11.1. The quantitative estimate of drug-likeness (QED) is 0.153. The molecule has 0 aliphatic carbocycles. The van der Waals surface area contributed by atoms with Crippen LogP contribution in [0.15, 0.2) is 237 Å². The number of nitriles is 1. The summed E-state index contributed by atoms with van der Waals surface area (Å²) in [6, 6.07) is 86.6. The molecule has 0 saturated heterocycles. The molecule has 0 fully saturated rings. The minimum Gasteiger partial charge on any atom is -0.310 e. The number of para-hydroxylation sites is 6. The maximum atomic E-state index is 9.93. The van der Waals surface area contributed by atoms with Gasteiger partial charge in [0.05, 0.1) is 68.0 Å². The van der Waals surface area contributed by atoms with Crippen LogP contribution in [-0.2, 0) is 0 Å². The predicted molar refractivity (Wildman–Crippen MR) is 310 cm³/mol. The summed E-state index contributed by atoms with van der Waals surface area (Å²) < 4.78 is 9.56. The van der Waals surface area contributed by atoms with Crippen LogP contribution >= 0.6 is 0 Å². The number of benzene rings is 11. The molecule has 6 heteroatoms. The third-order valence-corrected chi connectivity index (χ3v) is 15.5. The van der Waals surface area contributed by atoms with Crippen molar-refractivity contribution >= 4 is 92.9 Å². The lowest BCUT2D eigenvalue weighted by Gasteiger charge is -2.21. The standard InChI is InChI=1S/C69H42N6/c1-43-36-44(42-70)32-34-48(43)45-33-35-63(74-61-29-15-11-24-51(61)55-38-53-49-22-9-13-27-59(49)72(65(53)40-67(55)74)46-18-5-3-6-19-46)57(37-45)69-58(71-2)26-17-31-64(69)75-62-30-16-12-25-52(62)56-39-54-50-23-10-14-28-60(50)73(66(54)41-68(56)75)47-20-7-4-8-21-47/h3-41H,1H3. The van der Waals surface area contributed by atoms with Gasteiger partial charge in [0, 0.05) is 65.7 Å². The average Bonchev–Trinajstić information content (AvgIpc) is 4.22. The predicted octanol–water partition coefficient (Wildman–Crippen LogP) is 18.1. The zero-order valence-electron chi connectivity index (χ0n) is 40.7. The first-order valence-electron chi connectivity index (χ1n) is 25.3. The summed E-state index contributed by atoms with van der Waals surface area (Å²) in [5.41, 5.74) is 18.7. The summed E-state index contributed by atoms with van der Waals surface area (Å²) in [5, 5.41) is 19.2. The fourth-order valence-electron chi connectivity index (χ4n) is 12.3. The van der Waals surface area contributed by atoms with Gasteiger partial charge in [0.2, 0.25) is 0 Å². The maximum Gasteiger partial charge on any atom is 0.197 e. The zero-order valence-corrected chi connectivity index (χ0v) is 40.7. The van der Waals surface area contributed by atoms with Crippen LogP contribution in [0.4, 0.5) is 5.69 Å². The van der Waals surface area contributed by atoms with Gasteiger partial charge in [0.1, 0.15) is 0 Å². The first kappa shape index (κ1) is 42.3. The lowest BCUT2D eigenvalue weighted by Crippen LogP contribution is -2.03. The van der Waals surface area contributed by atoms with Gasteiger partial charge in [0.15, 0.2) is 5.69 Å². The molecule has 11 aromatic carbocycles. The van der Waals surface area contributed by atoms with Crippen molar-refractivity contribution in [1.82, 2.24) is 18.3 Å². The second kappa shape index (κ2) is 16.3. The van der Waals surface area contributed by atoms with Crippen molar-refractivity contribution < 1.29 is 0 Å². The minimum atomic E-state index is 0.542. The Hall–Kier alpha value is -10.4. The monoisotopic (exact) mass is 954 g/mol. The Morgan fingerprint density at radius 3 is 1.29 bits per heavy atom. The van der Waals surface area contributed by atoms with Gasteiger partial charge < -0.3 is 18.3 Å². The van der Waals surface area contributed by atoms with E-state index in [1.807, 2.05) is 24.3 Å². The molecule has 6 nitrogen and oxygen atoms in total. The van der Waals surface area contributed by atoms with E-state index < -0.39 is 0 Å². The third-order valence-electron chi connectivity index (χ3n) is 15.5. The van der Waals surface area contributed by atoms with Gasteiger partial charge in [-0.25, -0.2) is 4.85 Å². The number of nitrogens with zero attached hydrogens (tertiary/aromatic N) is 6. The molecule has 0 bridgehead atoms. The van der Waals surface area contributed by atoms with E-state index in [1.54, 1.807) is 0 Å². The molecule has 0 atom stereocenters. The molecule has 15 rings (SSSR count). The van der Waals surface area contributed by atoms with Crippen molar-refractivity contribution in [2.75, 3.05) is 0 Å². The van der Waals surface area contributed by atoms with Gasteiger partial charge in [-0.15, -0.1) is 0 Å². The van der Waals surface area contributed by atoms with Crippen LogP contribution in [0.2, 0.25) is 0 Å². The lowest BCUT2D eigenvalue weighted by molar-refractivity contribution is 1.15. The summed E-state index contributed by atoms with van der Waals surface area (Å²) >= 11 is 0. The highest BCUT2D eigenvalue weighted by atomic mass is 15.0. The number of rotatable bonds is 6. The number of aromatic nitrogens is 4. The number of hydrogen-bond acceptors (Lipinski definition) is 1. The molecule has 0 N–H and O–H groups in total. The van der Waals surface area contributed by atoms with Gasteiger partial charge in [-0.3, -0.25) is 0 Å². The first-order chi connectivity index (χ1) is 37.1. The molecule has 4 heterocycles. The molecule has 4 aromatic heterocycles. The molecular weight excluding hydrogens is 913 g/mol. The highest BCUT2D eigenvalue weighted by molar-refractivity contribution is 6.21. The van der Waals surface area contributed by atoms with Crippen molar-refractivity contribution in [1.29, 1.82) is 5.26 Å². The molecule has 15 aromatic rings. The SMILES string of the molecule is [C-]#[N+]c1cccc(-n2c3ccccc3c3cc4c5ccccc5n(-c5ccccc5)c4cc32)c1-c1cc(-c2ccc(C#N)cc2C)ccc1-n1c2ccccc2c2cc3c4ccccc4n(-c4ccccc4)c3cc21. The van der Waals surface area contributed by atoms with E-state index in [0.717, 1.165) is 116 Å². The fraction of sp³-hybridized carbons (Fsp3) is 0.0145. The topological polar surface area (TPSA) is 47.9 Å². The highest BCUT2D eigenvalue weighted by Gasteiger charge is 2.26. The van der Waals surface area contributed by atoms with Gasteiger partial charge in [-0.1, -0.05) is 133 Å². The van der Waals surface area contributed by atoms with E-state index in [2.05, 4.69) is 248 Å². The Labute approximate surface area is 431 Å². The Morgan fingerprint density at radius 1 is 0.360 bits per heavy atom. The number of hydrogen-bond donors (Lipinski definition) is 0. The van der Waals surface area contributed by atoms with Crippen LogP contribution in [0, 0.1) is 24.8 Å². The van der Waals surface area contributed by atoms with Crippen LogP contribution in [0.5, 0.6) is 0 Å². The molecule has 0 spiro atoms. The Kier molecular flexibility index (Phi) is 9.20. The smallest absolute Gasteiger partial charge is 0.197 e. The van der Waals surface area contributed by atoms with E-state index in [0.29, 0.717) is 11.3 Å². The molecule has 0 amide bonds. The largest absolute Gasteiger partial charge is 0.310 e. The van der Waals surface area contributed by atoms with E-state index in [-0.39, 0.29) is 0 Å². The number of fused-ring (bicyclic) bond motifs is 12. The average molecular weight is 955 g/mol. The van der Waals surface area contributed by atoms with E-state index in [4.69, 9.17) is 6.57 Å².